The first kappa shape index (κ1) is 12.0. The summed E-state index contributed by atoms with van der Waals surface area (Å²) in [4.78, 5) is 4.39. The van der Waals surface area contributed by atoms with Crippen molar-refractivity contribution in [2.24, 2.45) is 5.92 Å². The number of nitrogens with zero attached hydrogens (tertiary/aromatic N) is 1. The summed E-state index contributed by atoms with van der Waals surface area (Å²) >= 11 is 1.72. The van der Waals surface area contributed by atoms with Gasteiger partial charge in [0.15, 0.2) is 0 Å². The monoisotopic (exact) mass is 239 g/mol. The van der Waals surface area contributed by atoms with E-state index < -0.39 is 0 Å². The molecule has 1 saturated heterocycles. The van der Waals surface area contributed by atoms with Crippen molar-refractivity contribution >= 4 is 11.3 Å². The van der Waals surface area contributed by atoms with Gasteiger partial charge in [-0.2, -0.15) is 0 Å². The summed E-state index contributed by atoms with van der Waals surface area (Å²) in [6.45, 7) is 8.92. The number of hydrogen-bond acceptors (Lipinski definition) is 4. The molecule has 0 bridgehead atoms. The lowest BCUT2D eigenvalue weighted by Crippen LogP contribution is -2.41. The molecule has 1 aromatic heterocycles. The van der Waals surface area contributed by atoms with Crippen molar-refractivity contribution in [3.63, 3.8) is 0 Å². The van der Waals surface area contributed by atoms with Crippen LogP contribution in [0.3, 0.4) is 0 Å². The van der Waals surface area contributed by atoms with Gasteiger partial charge in [-0.05, 0) is 39.7 Å². The molecule has 0 aliphatic carbocycles. The average Bonchev–Trinajstić information content (AvgIpc) is 2.85. The van der Waals surface area contributed by atoms with E-state index in [2.05, 4.69) is 36.4 Å². The Morgan fingerprint density at radius 1 is 1.62 bits per heavy atom. The van der Waals surface area contributed by atoms with E-state index in [0.29, 0.717) is 6.04 Å². The van der Waals surface area contributed by atoms with Crippen LogP contribution in [0.1, 0.15) is 32.2 Å². The minimum absolute atomic E-state index is 0.00350. The minimum Gasteiger partial charge on any atom is -0.314 e. The molecular formula is C12H21N3S. The zero-order chi connectivity index (χ0) is 11.6. The van der Waals surface area contributed by atoms with E-state index in [9.17, 15) is 0 Å². The minimum atomic E-state index is -0.00350. The van der Waals surface area contributed by atoms with Crippen molar-refractivity contribution < 1.29 is 0 Å². The van der Waals surface area contributed by atoms with Gasteiger partial charge in [-0.1, -0.05) is 0 Å². The lowest BCUT2D eigenvalue weighted by molar-refractivity contribution is 0.341. The fraction of sp³-hybridized carbons (Fsp3) is 0.750. The maximum Gasteiger partial charge on any atom is 0.112 e. The predicted octanol–water partition coefficient (Wildman–Crippen LogP) is 1.97. The van der Waals surface area contributed by atoms with Crippen LogP contribution in [0.2, 0.25) is 0 Å². The highest BCUT2D eigenvalue weighted by molar-refractivity contribution is 7.09. The second-order valence-electron chi connectivity index (χ2n) is 5.13. The number of aromatic nitrogens is 1. The quantitative estimate of drug-likeness (QED) is 0.843. The van der Waals surface area contributed by atoms with Gasteiger partial charge < -0.3 is 10.6 Å². The van der Waals surface area contributed by atoms with Crippen molar-refractivity contribution in [3.05, 3.63) is 16.6 Å². The highest BCUT2D eigenvalue weighted by Crippen LogP contribution is 2.23. The first-order valence-electron chi connectivity index (χ1n) is 5.98. The van der Waals surface area contributed by atoms with Crippen LogP contribution >= 0.6 is 11.3 Å². The van der Waals surface area contributed by atoms with Crippen LogP contribution in [0.4, 0.5) is 0 Å². The molecule has 1 aliphatic rings. The number of rotatable bonds is 4. The van der Waals surface area contributed by atoms with E-state index in [-0.39, 0.29) is 5.54 Å². The number of hydrogen-bond donors (Lipinski definition) is 2. The summed E-state index contributed by atoms with van der Waals surface area (Å²) in [5.74, 6) is 0.749. The zero-order valence-electron chi connectivity index (χ0n) is 10.3. The zero-order valence-corrected chi connectivity index (χ0v) is 11.1. The molecule has 1 aromatic rings. The predicted molar refractivity (Wildman–Crippen MR) is 68.7 cm³/mol. The van der Waals surface area contributed by atoms with Gasteiger partial charge >= 0.3 is 0 Å². The van der Waals surface area contributed by atoms with E-state index in [0.717, 1.165) is 19.0 Å². The van der Waals surface area contributed by atoms with E-state index in [4.69, 9.17) is 0 Å². The Labute approximate surface area is 102 Å². The Morgan fingerprint density at radius 2 is 2.44 bits per heavy atom. The highest BCUT2D eigenvalue weighted by Gasteiger charge is 2.27. The number of thiazole rings is 1. The smallest absolute Gasteiger partial charge is 0.112 e. The molecule has 2 heterocycles. The molecule has 16 heavy (non-hydrogen) atoms. The third kappa shape index (κ3) is 2.62. The average molecular weight is 239 g/mol. The van der Waals surface area contributed by atoms with Crippen molar-refractivity contribution in [2.45, 2.75) is 38.8 Å². The molecule has 0 radical (unpaired) electrons. The SMILES string of the molecule is CC1NCCC1CNC(C)(C)c1nccs1. The molecule has 2 unspecified atom stereocenters. The molecule has 2 N–H and O–H groups in total. The van der Waals surface area contributed by atoms with Crippen LogP contribution in [-0.2, 0) is 5.54 Å². The lowest BCUT2D eigenvalue weighted by Gasteiger charge is -2.27. The van der Waals surface area contributed by atoms with Gasteiger partial charge in [-0.25, -0.2) is 4.98 Å². The lowest BCUT2D eigenvalue weighted by atomic mass is 9.99. The van der Waals surface area contributed by atoms with Crippen LogP contribution in [0.5, 0.6) is 0 Å². The fourth-order valence-electron chi connectivity index (χ4n) is 2.19. The largest absolute Gasteiger partial charge is 0.314 e. The Hall–Kier alpha value is -0.450. The normalized spacial score (nSPS) is 26.2. The molecule has 0 spiro atoms. The van der Waals surface area contributed by atoms with Gasteiger partial charge in [-0.3, -0.25) is 0 Å². The Morgan fingerprint density at radius 3 is 3.00 bits per heavy atom. The van der Waals surface area contributed by atoms with E-state index in [1.807, 2.05) is 11.6 Å². The Balaban J connectivity index is 1.89. The first-order valence-corrected chi connectivity index (χ1v) is 6.86. The molecule has 2 atom stereocenters. The van der Waals surface area contributed by atoms with Crippen molar-refractivity contribution in [1.82, 2.24) is 15.6 Å². The molecule has 0 amide bonds. The molecule has 4 heteroatoms. The third-order valence-electron chi connectivity index (χ3n) is 3.46. The standard InChI is InChI=1S/C12H21N3S/c1-9-10(4-5-13-9)8-15-12(2,3)11-14-6-7-16-11/h6-7,9-10,13,15H,4-5,8H2,1-3H3. The Kier molecular flexibility index (Phi) is 3.62. The van der Waals surface area contributed by atoms with Gasteiger partial charge in [0, 0.05) is 24.2 Å². The molecule has 90 valence electrons. The molecular weight excluding hydrogens is 218 g/mol. The third-order valence-corrected chi connectivity index (χ3v) is 4.56. The molecule has 0 saturated carbocycles. The maximum absolute atomic E-state index is 4.39. The highest BCUT2D eigenvalue weighted by atomic mass is 32.1. The molecule has 1 fully saturated rings. The van der Waals surface area contributed by atoms with Crippen LogP contribution in [0.25, 0.3) is 0 Å². The summed E-state index contributed by atoms with van der Waals surface area (Å²) in [6.07, 6.45) is 3.16. The van der Waals surface area contributed by atoms with E-state index >= 15 is 0 Å². The maximum atomic E-state index is 4.39. The summed E-state index contributed by atoms with van der Waals surface area (Å²) in [5, 5.41) is 10.3. The van der Waals surface area contributed by atoms with Gasteiger partial charge in [-0.15, -0.1) is 11.3 Å². The summed E-state index contributed by atoms with van der Waals surface area (Å²) in [5.41, 5.74) is -0.00350. The first-order chi connectivity index (χ1) is 7.59. The van der Waals surface area contributed by atoms with Gasteiger partial charge in [0.25, 0.3) is 0 Å². The van der Waals surface area contributed by atoms with Crippen molar-refractivity contribution in [2.75, 3.05) is 13.1 Å². The van der Waals surface area contributed by atoms with Crippen LogP contribution < -0.4 is 10.6 Å². The molecule has 2 rings (SSSR count). The van der Waals surface area contributed by atoms with Crippen LogP contribution in [-0.4, -0.2) is 24.1 Å². The molecule has 3 nitrogen and oxygen atoms in total. The number of nitrogens with one attached hydrogen (secondary N) is 2. The van der Waals surface area contributed by atoms with Crippen LogP contribution in [0, 0.1) is 5.92 Å². The van der Waals surface area contributed by atoms with Crippen LogP contribution in [0.15, 0.2) is 11.6 Å². The summed E-state index contributed by atoms with van der Waals surface area (Å²) in [7, 11) is 0. The molecule has 0 aromatic carbocycles. The second-order valence-corrected chi connectivity index (χ2v) is 6.03. The Bertz CT molecular complexity index is 321. The van der Waals surface area contributed by atoms with E-state index in [1.165, 1.54) is 11.4 Å². The van der Waals surface area contributed by atoms with Crippen molar-refractivity contribution in [3.8, 4) is 0 Å². The molecule has 1 aliphatic heterocycles. The fourth-order valence-corrected chi connectivity index (χ4v) is 2.93. The van der Waals surface area contributed by atoms with Crippen molar-refractivity contribution in [1.29, 1.82) is 0 Å². The van der Waals surface area contributed by atoms with Gasteiger partial charge in [0.2, 0.25) is 0 Å². The van der Waals surface area contributed by atoms with E-state index in [1.54, 1.807) is 11.3 Å². The topological polar surface area (TPSA) is 37.0 Å². The summed E-state index contributed by atoms with van der Waals surface area (Å²) in [6, 6.07) is 0.639. The second kappa shape index (κ2) is 4.82. The van der Waals surface area contributed by atoms with Gasteiger partial charge in [0.1, 0.15) is 5.01 Å². The van der Waals surface area contributed by atoms with Gasteiger partial charge in [0.05, 0.1) is 5.54 Å². The summed E-state index contributed by atoms with van der Waals surface area (Å²) < 4.78 is 0.